The van der Waals surface area contributed by atoms with E-state index in [0.717, 1.165) is 41.2 Å². The second kappa shape index (κ2) is 11.5. The third kappa shape index (κ3) is 6.20. The number of anilines is 1. The number of allylic oxidation sites excluding steroid dienone is 1. The van der Waals surface area contributed by atoms with Crippen molar-refractivity contribution in [3.05, 3.63) is 67.3 Å². The Morgan fingerprint density at radius 3 is 2.42 bits per heavy atom. The maximum atomic E-state index is 12.8. The van der Waals surface area contributed by atoms with Crippen molar-refractivity contribution in [1.82, 2.24) is 9.13 Å². The van der Waals surface area contributed by atoms with Gasteiger partial charge >= 0.3 is 5.69 Å². The molecule has 0 fully saturated rings. The zero-order valence-electron chi connectivity index (χ0n) is 19.3. The van der Waals surface area contributed by atoms with Crippen molar-refractivity contribution in [2.24, 2.45) is 14.1 Å². The summed E-state index contributed by atoms with van der Waals surface area (Å²) in [5.74, 6) is 0.908. The molecular weight excluding hydrogens is 426 g/mol. The summed E-state index contributed by atoms with van der Waals surface area (Å²) in [7, 11) is 3.40. The van der Waals surface area contributed by atoms with Gasteiger partial charge in [0.1, 0.15) is 4.64 Å². The number of carbonyl (C=O) groups is 1. The van der Waals surface area contributed by atoms with E-state index in [4.69, 9.17) is 12.2 Å². The van der Waals surface area contributed by atoms with E-state index in [1.807, 2.05) is 19.1 Å². The fourth-order valence-corrected chi connectivity index (χ4v) is 4.23. The van der Waals surface area contributed by atoms with Gasteiger partial charge in [0.15, 0.2) is 5.78 Å². The highest BCUT2D eigenvalue weighted by atomic mass is 32.2. The molecule has 5 nitrogen and oxygen atoms in total. The first-order valence-electron chi connectivity index (χ1n) is 10.7. The van der Waals surface area contributed by atoms with Crippen LogP contribution in [0.2, 0.25) is 0 Å². The van der Waals surface area contributed by atoms with Crippen LogP contribution in [0.4, 0.5) is 5.69 Å². The highest BCUT2D eigenvalue weighted by Crippen LogP contribution is 2.25. The number of hydrogen-bond donors (Lipinski definition) is 1. The molecule has 0 saturated carbocycles. The minimum Gasteiger partial charge on any atom is -0.347 e. The highest BCUT2D eigenvalue weighted by molar-refractivity contribution is 8.03. The lowest BCUT2D eigenvalue weighted by molar-refractivity contribution is 0.102. The summed E-state index contributed by atoms with van der Waals surface area (Å²) < 4.78 is 3.48. The van der Waals surface area contributed by atoms with Gasteiger partial charge in [-0.25, -0.2) is 4.79 Å². The zero-order chi connectivity index (χ0) is 23.1. The smallest absolute Gasteiger partial charge is 0.328 e. The second-order valence-electron chi connectivity index (χ2n) is 7.79. The molecular formula is C24H33N3O2S2. The van der Waals surface area contributed by atoms with Crippen LogP contribution in [-0.2, 0) is 14.1 Å². The van der Waals surface area contributed by atoms with Gasteiger partial charge in [-0.05, 0) is 31.2 Å². The molecule has 1 heterocycles. The number of nitrogens with one attached hydrogen (secondary N) is 1. The molecule has 31 heavy (non-hydrogen) atoms. The molecule has 0 aliphatic rings. The van der Waals surface area contributed by atoms with Crippen LogP contribution in [0, 0.1) is 11.6 Å². The van der Waals surface area contributed by atoms with Crippen LogP contribution >= 0.6 is 24.0 Å². The van der Waals surface area contributed by atoms with E-state index in [-0.39, 0.29) is 11.5 Å². The molecule has 2 rings (SSSR count). The second-order valence-corrected chi connectivity index (χ2v) is 9.20. The number of benzene rings is 1. The van der Waals surface area contributed by atoms with Crippen LogP contribution in [0.5, 0.6) is 0 Å². The van der Waals surface area contributed by atoms with Gasteiger partial charge in [-0.1, -0.05) is 69.8 Å². The molecule has 2 aromatic rings. The molecule has 1 atom stereocenters. The number of carbonyl (C=O) groups excluding carboxylic acids is 1. The molecule has 0 amide bonds. The van der Waals surface area contributed by atoms with Crippen LogP contribution in [0.1, 0.15) is 67.6 Å². The maximum absolute atomic E-state index is 12.8. The number of aromatic nitrogens is 2. The van der Waals surface area contributed by atoms with E-state index in [0.29, 0.717) is 16.3 Å². The molecule has 0 aliphatic heterocycles. The SMILES string of the molecule is CCC/C=C(/Nc1c(C)n(C)c(=O)n(C)c1=S)SCC(=O)c1ccc(C(C)CC)cc1. The van der Waals surface area contributed by atoms with Crippen LogP contribution < -0.4 is 11.0 Å². The Morgan fingerprint density at radius 2 is 1.84 bits per heavy atom. The monoisotopic (exact) mass is 459 g/mol. The molecule has 7 heteroatoms. The van der Waals surface area contributed by atoms with Gasteiger partial charge in [-0.3, -0.25) is 13.9 Å². The maximum Gasteiger partial charge on any atom is 0.328 e. The van der Waals surface area contributed by atoms with Gasteiger partial charge in [0.2, 0.25) is 0 Å². The van der Waals surface area contributed by atoms with E-state index in [1.54, 1.807) is 18.7 Å². The number of ketones is 1. The lowest BCUT2D eigenvalue weighted by atomic mass is 9.97. The standard InChI is InChI=1S/C24H33N3O2S2/c1-7-9-10-21(25-22-17(4)26(5)24(29)27(6)23(22)30)31-15-20(28)19-13-11-18(12-14-19)16(3)8-2/h10-14,16,25H,7-9,15H2,1-6H3/b21-10-. The fraction of sp³-hybridized carbons (Fsp3) is 0.458. The minimum absolute atomic E-state index is 0.0891. The first-order valence-corrected chi connectivity index (χ1v) is 12.1. The number of thioether (sulfide) groups is 1. The summed E-state index contributed by atoms with van der Waals surface area (Å²) in [6.45, 7) is 8.33. The Labute approximate surface area is 194 Å². The van der Waals surface area contributed by atoms with Gasteiger partial charge in [0, 0.05) is 25.4 Å². The van der Waals surface area contributed by atoms with Gasteiger partial charge in [-0.2, -0.15) is 0 Å². The van der Waals surface area contributed by atoms with Crippen molar-refractivity contribution in [3.8, 4) is 0 Å². The van der Waals surface area contributed by atoms with Gasteiger partial charge in [0.25, 0.3) is 0 Å². The summed E-state index contributed by atoms with van der Waals surface area (Å²) in [4.78, 5) is 25.0. The quantitative estimate of drug-likeness (QED) is 0.352. The van der Waals surface area contributed by atoms with E-state index < -0.39 is 0 Å². The Morgan fingerprint density at radius 1 is 1.19 bits per heavy atom. The van der Waals surface area contributed by atoms with E-state index in [2.05, 4.69) is 44.3 Å². The average Bonchev–Trinajstić information content (AvgIpc) is 2.79. The summed E-state index contributed by atoms with van der Waals surface area (Å²) in [6, 6.07) is 7.95. The number of nitrogens with zero attached hydrogens (tertiary/aromatic N) is 2. The molecule has 168 valence electrons. The van der Waals surface area contributed by atoms with Crippen molar-refractivity contribution in [2.45, 2.75) is 52.9 Å². The predicted octanol–water partition coefficient (Wildman–Crippen LogP) is 5.94. The van der Waals surface area contributed by atoms with Crippen LogP contribution in [-0.4, -0.2) is 20.7 Å². The van der Waals surface area contributed by atoms with E-state index >= 15 is 0 Å². The average molecular weight is 460 g/mol. The lowest BCUT2D eigenvalue weighted by Crippen LogP contribution is -2.30. The van der Waals surface area contributed by atoms with Gasteiger partial charge in [-0.15, -0.1) is 11.8 Å². The molecule has 1 aromatic heterocycles. The Kier molecular flexibility index (Phi) is 9.32. The van der Waals surface area contributed by atoms with Crippen LogP contribution in [0.3, 0.4) is 0 Å². The zero-order valence-corrected chi connectivity index (χ0v) is 21.0. The van der Waals surface area contributed by atoms with Gasteiger partial charge < -0.3 is 5.32 Å². The molecule has 0 aliphatic carbocycles. The first-order chi connectivity index (χ1) is 14.7. The summed E-state index contributed by atoms with van der Waals surface area (Å²) in [6.07, 6.45) is 5.05. The highest BCUT2D eigenvalue weighted by Gasteiger charge is 2.13. The van der Waals surface area contributed by atoms with Crippen molar-refractivity contribution in [2.75, 3.05) is 11.1 Å². The molecule has 1 N–H and O–H groups in total. The van der Waals surface area contributed by atoms with Crippen molar-refractivity contribution >= 4 is 35.5 Å². The van der Waals surface area contributed by atoms with E-state index in [1.165, 1.54) is 21.9 Å². The topological polar surface area (TPSA) is 56.0 Å². The summed E-state index contributed by atoms with van der Waals surface area (Å²) in [5, 5.41) is 4.26. The fourth-order valence-electron chi connectivity index (χ4n) is 3.09. The normalized spacial score (nSPS) is 12.6. The minimum atomic E-state index is -0.157. The molecule has 0 radical (unpaired) electrons. The third-order valence-electron chi connectivity index (χ3n) is 5.60. The van der Waals surface area contributed by atoms with Crippen molar-refractivity contribution in [1.29, 1.82) is 0 Å². The van der Waals surface area contributed by atoms with Crippen molar-refractivity contribution in [3.63, 3.8) is 0 Å². The Balaban J connectivity index is 2.19. The number of unbranched alkanes of at least 4 members (excludes halogenated alkanes) is 1. The molecule has 1 aromatic carbocycles. The largest absolute Gasteiger partial charge is 0.347 e. The first kappa shape index (κ1) is 25.1. The molecule has 0 spiro atoms. The van der Waals surface area contributed by atoms with Crippen LogP contribution in [0.25, 0.3) is 0 Å². The number of Topliss-reactive ketones (excluding diaryl/α,β-unsaturated/α-hetero) is 1. The molecule has 0 saturated heterocycles. The summed E-state index contributed by atoms with van der Waals surface area (Å²) in [5.41, 5.74) is 3.31. The van der Waals surface area contributed by atoms with Crippen molar-refractivity contribution < 1.29 is 4.79 Å². The van der Waals surface area contributed by atoms with Gasteiger partial charge in [0.05, 0.1) is 16.5 Å². The third-order valence-corrected chi connectivity index (χ3v) is 7.06. The molecule has 1 unspecified atom stereocenters. The lowest BCUT2D eigenvalue weighted by Gasteiger charge is -2.17. The number of rotatable bonds is 10. The molecule has 0 bridgehead atoms. The van der Waals surface area contributed by atoms with E-state index in [9.17, 15) is 9.59 Å². The summed E-state index contributed by atoms with van der Waals surface area (Å²) >= 11 is 6.96. The Hall–Kier alpha value is -2.12. The van der Waals surface area contributed by atoms with Crippen LogP contribution in [0.15, 0.2) is 40.2 Å². The Bertz CT molecular complexity index is 1070. The number of hydrogen-bond acceptors (Lipinski definition) is 5. The predicted molar refractivity (Wildman–Crippen MR) is 135 cm³/mol.